The van der Waals surface area contributed by atoms with Crippen LogP contribution in [-0.4, -0.2) is 9.97 Å². The number of aromatic nitrogens is 2. The average Bonchev–Trinajstić information content (AvgIpc) is 2.44. The van der Waals surface area contributed by atoms with E-state index in [-0.39, 0.29) is 0 Å². The van der Waals surface area contributed by atoms with Crippen molar-refractivity contribution in [2.75, 3.05) is 0 Å². The summed E-state index contributed by atoms with van der Waals surface area (Å²) in [6, 6.07) is 12.5. The van der Waals surface area contributed by atoms with Crippen LogP contribution in [-0.2, 0) is 6.42 Å². The third kappa shape index (κ3) is 1.94. The first kappa shape index (κ1) is 11.1. The van der Waals surface area contributed by atoms with Crippen molar-refractivity contribution in [2.45, 2.75) is 26.2 Å². The van der Waals surface area contributed by atoms with E-state index >= 15 is 0 Å². The predicted molar refractivity (Wildman–Crippen MR) is 75.7 cm³/mol. The lowest BCUT2D eigenvalue weighted by Crippen LogP contribution is -1.92. The molecule has 90 valence electrons. The van der Waals surface area contributed by atoms with E-state index in [1.54, 1.807) is 0 Å². The Labute approximate surface area is 107 Å². The zero-order valence-corrected chi connectivity index (χ0v) is 10.6. The largest absolute Gasteiger partial charge is 0.254 e. The number of benzene rings is 1. The number of unbranched alkanes of at least 4 members (excludes halogenated alkanes) is 1. The van der Waals surface area contributed by atoms with Gasteiger partial charge in [-0.25, -0.2) is 0 Å². The molecule has 0 aliphatic rings. The molecule has 0 unspecified atom stereocenters. The second kappa shape index (κ2) is 4.73. The second-order valence-electron chi connectivity index (χ2n) is 4.61. The standard InChI is InChI=1S/C16H16N2/c1-2-3-6-12-9-10-14-13-7-4-5-8-15(13)17-11-16(14)18-12/h4-5,7-11H,2-3,6H2,1H3. The molecule has 2 nitrogen and oxygen atoms in total. The van der Waals surface area contributed by atoms with Gasteiger partial charge in [-0.05, 0) is 25.0 Å². The molecular formula is C16H16N2. The number of hydrogen-bond donors (Lipinski definition) is 0. The number of pyridine rings is 2. The fourth-order valence-corrected chi connectivity index (χ4v) is 2.29. The predicted octanol–water partition coefficient (Wildman–Crippen LogP) is 4.13. The van der Waals surface area contributed by atoms with Crippen LogP contribution in [0.3, 0.4) is 0 Å². The topological polar surface area (TPSA) is 25.8 Å². The van der Waals surface area contributed by atoms with E-state index in [9.17, 15) is 0 Å². The lowest BCUT2D eigenvalue weighted by Gasteiger charge is -2.05. The van der Waals surface area contributed by atoms with E-state index in [4.69, 9.17) is 4.98 Å². The van der Waals surface area contributed by atoms with Gasteiger partial charge in [0.1, 0.15) is 0 Å². The number of rotatable bonds is 3. The highest BCUT2D eigenvalue weighted by atomic mass is 14.7. The highest BCUT2D eigenvalue weighted by Crippen LogP contribution is 2.22. The van der Waals surface area contributed by atoms with E-state index < -0.39 is 0 Å². The maximum absolute atomic E-state index is 4.70. The third-order valence-electron chi connectivity index (χ3n) is 3.29. The van der Waals surface area contributed by atoms with Crippen molar-refractivity contribution in [3.05, 3.63) is 48.3 Å². The fraction of sp³-hybridized carbons (Fsp3) is 0.250. The van der Waals surface area contributed by atoms with Gasteiger partial charge in [0.15, 0.2) is 0 Å². The number of fused-ring (bicyclic) bond motifs is 3. The van der Waals surface area contributed by atoms with Crippen molar-refractivity contribution in [2.24, 2.45) is 0 Å². The molecule has 0 aliphatic heterocycles. The van der Waals surface area contributed by atoms with Crippen molar-refractivity contribution in [3.63, 3.8) is 0 Å². The second-order valence-corrected chi connectivity index (χ2v) is 4.61. The Balaban J connectivity index is 2.15. The van der Waals surface area contributed by atoms with Crippen molar-refractivity contribution in [1.29, 1.82) is 0 Å². The van der Waals surface area contributed by atoms with E-state index in [1.807, 2.05) is 18.3 Å². The van der Waals surface area contributed by atoms with Crippen LogP contribution < -0.4 is 0 Å². The minimum absolute atomic E-state index is 1.00. The maximum atomic E-state index is 4.70. The molecule has 2 aromatic heterocycles. The summed E-state index contributed by atoms with van der Waals surface area (Å²) in [5.41, 5.74) is 3.21. The van der Waals surface area contributed by atoms with Crippen molar-refractivity contribution < 1.29 is 0 Å². The number of hydrogen-bond acceptors (Lipinski definition) is 2. The summed E-state index contributed by atoms with van der Waals surface area (Å²) in [4.78, 5) is 9.17. The van der Waals surface area contributed by atoms with Gasteiger partial charge in [0.2, 0.25) is 0 Å². The molecule has 1 aromatic carbocycles. The molecule has 0 atom stereocenters. The molecule has 0 N–H and O–H groups in total. The van der Waals surface area contributed by atoms with E-state index in [0.717, 1.165) is 17.5 Å². The third-order valence-corrected chi connectivity index (χ3v) is 3.29. The number of nitrogens with zero attached hydrogens (tertiary/aromatic N) is 2. The summed E-state index contributed by atoms with van der Waals surface area (Å²) in [7, 11) is 0. The minimum atomic E-state index is 1.00. The molecular weight excluding hydrogens is 220 g/mol. The van der Waals surface area contributed by atoms with Gasteiger partial charge in [0.05, 0.1) is 17.2 Å². The Kier molecular flexibility index (Phi) is 2.93. The smallest absolute Gasteiger partial charge is 0.0894 e. The summed E-state index contributed by atoms with van der Waals surface area (Å²) in [5, 5.41) is 2.38. The van der Waals surface area contributed by atoms with Crippen LogP contribution in [0.4, 0.5) is 0 Å². The van der Waals surface area contributed by atoms with Gasteiger partial charge < -0.3 is 0 Å². The normalized spacial score (nSPS) is 11.2. The Morgan fingerprint density at radius 1 is 0.944 bits per heavy atom. The van der Waals surface area contributed by atoms with Crippen LogP contribution in [0.15, 0.2) is 42.6 Å². The molecule has 0 saturated heterocycles. The molecule has 0 fully saturated rings. The molecule has 0 radical (unpaired) electrons. The average molecular weight is 236 g/mol. The summed E-state index contributed by atoms with van der Waals surface area (Å²) in [6.45, 7) is 2.20. The molecule has 2 heterocycles. The molecule has 0 bridgehead atoms. The summed E-state index contributed by atoms with van der Waals surface area (Å²) >= 11 is 0. The first-order valence-corrected chi connectivity index (χ1v) is 6.52. The summed E-state index contributed by atoms with van der Waals surface area (Å²) < 4.78 is 0. The Morgan fingerprint density at radius 3 is 2.67 bits per heavy atom. The Morgan fingerprint density at radius 2 is 1.78 bits per heavy atom. The first-order valence-electron chi connectivity index (χ1n) is 6.52. The van der Waals surface area contributed by atoms with E-state index in [0.29, 0.717) is 0 Å². The zero-order valence-electron chi connectivity index (χ0n) is 10.6. The fourth-order valence-electron chi connectivity index (χ4n) is 2.29. The van der Waals surface area contributed by atoms with Gasteiger partial charge in [0, 0.05) is 16.5 Å². The molecule has 2 heteroatoms. The van der Waals surface area contributed by atoms with Gasteiger partial charge in [-0.3, -0.25) is 9.97 Å². The Bertz CT molecular complexity index is 689. The lowest BCUT2D eigenvalue weighted by molar-refractivity contribution is 0.780. The lowest BCUT2D eigenvalue weighted by atomic mass is 10.1. The zero-order chi connectivity index (χ0) is 12.4. The van der Waals surface area contributed by atoms with Crippen LogP contribution in [0, 0.1) is 0 Å². The number of aryl methyl sites for hydroxylation is 1. The molecule has 0 amide bonds. The number of para-hydroxylation sites is 1. The van der Waals surface area contributed by atoms with Gasteiger partial charge in [-0.1, -0.05) is 37.6 Å². The first-order chi connectivity index (χ1) is 8.88. The molecule has 0 spiro atoms. The van der Waals surface area contributed by atoms with Crippen molar-refractivity contribution >= 4 is 21.8 Å². The van der Waals surface area contributed by atoms with Gasteiger partial charge in [-0.2, -0.15) is 0 Å². The van der Waals surface area contributed by atoms with Crippen LogP contribution in [0.25, 0.3) is 21.8 Å². The van der Waals surface area contributed by atoms with Crippen molar-refractivity contribution in [1.82, 2.24) is 9.97 Å². The van der Waals surface area contributed by atoms with Crippen LogP contribution >= 0.6 is 0 Å². The van der Waals surface area contributed by atoms with E-state index in [2.05, 4.69) is 36.2 Å². The van der Waals surface area contributed by atoms with Gasteiger partial charge in [-0.15, -0.1) is 0 Å². The maximum Gasteiger partial charge on any atom is 0.0894 e. The van der Waals surface area contributed by atoms with Gasteiger partial charge >= 0.3 is 0 Å². The highest BCUT2D eigenvalue weighted by molar-refractivity contribution is 6.03. The highest BCUT2D eigenvalue weighted by Gasteiger charge is 2.03. The summed E-state index contributed by atoms with van der Waals surface area (Å²) in [5.74, 6) is 0. The minimum Gasteiger partial charge on any atom is -0.254 e. The van der Waals surface area contributed by atoms with Gasteiger partial charge in [0.25, 0.3) is 0 Å². The SMILES string of the molecule is CCCCc1ccc2c(cnc3ccccc32)n1. The van der Waals surface area contributed by atoms with Crippen LogP contribution in [0.5, 0.6) is 0 Å². The molecule has 18 heavy (non-hydrogen) atoms. The van der Waals surface area contributed by atoms with Crippen LogP contribution in [0.2, 0.25) is 0 Å². The quantitative estimate of drug-likeness (QED) is 0.639. The van der Waals surface area contributed by atoms with E-state index in [1.165, 1.54) is 29.3 Å². The van der Waals surface area contributed by atoms with Crippen LogP contribution in [0.1, 0.15) is 25.5 Å². The molecule has 3 rings (SSSR count). The monoisotopic (exact) mass is 236 g/mol. The summed E-state index contributed by atoms with van der Waals surface area (Å²) in [6.07, 6.45) is 5.33. The molecule has 0 aliphatic carbocycles. The molecule has 0 saturated carbocycles. The van der Waals surface area contributed by atoms with Crippen molar-refractivity contribution in [3.8, 4) is 0 Å². The molecule has 3 aromatic rings. The Hall–Kier alpha value is -1.96.